The van der Waals surface area contributed by atoms with E-state index in [9.17, 15) is 0 Å². The summed E-state index contributed by atoms with van der Waals surface area (Å²) in [5, 5.41) is 9.40. The normalized spacial score (nSPS) is 10.8. The van der Waals surface area contributed by atoms with Crippen molar-refractivity contribution in [2.75, 3.05) is 5.73 Å². The number of rotatable bonds is 3. The van der Waals surface area contributed by atoms with Crippen LogP contribution in [0.4, 0.5) is 5.13 Å². The minimum Gasteiger partial charge on any atom is -0.374 e. The molecule has 17 heavy (non-hydrogen) atoms. The summed E-state index contributed by atoms with van der Waals surface area (Å²) in [5.74, 6) is 0. The molecule has 2 heterocycles. The van der Waals surface area contributed by atoms with Crippen LogP contribution in [0.1, 0.15) is 22.0 Å². The van der Waals surface area contributed by atoms with Gasteiger partial charge in [0.15, 0.2) is 17.9 Å². The van der Waals surface area contributed by atoms with Crippen molar-refractivity contribution in [3.8, 4) is 0 Å². The molecule has 0 saturated carbocycles. The summed E-state index contributed by atoms with van der Waals surface area (Å²) in [4.78, 5) is 0. The number of aromatic nitrogens is 3. The van der Waals surface area contributed by atoms with Crippen molar-refractivity contribution in [1.29, 1.82) is 0 Å². The van der Waals surface area contributed by atoms with Gasteiger partial charge < -0.3 is 5.73 Å². The lowest BCUT2D eigenvalue weighted by molar-refractivity contribution is -0.708. The predicted molar refractivity (Wildman–Crippen MR) is 68.9 cm³/mol. The molecule has 0 aliphatic rings. The first-order chi connectivity index (χ1) is 8.06. The molecular weight excluding hydrogens is 232 g/mol. The summed E-state index contributed by atoms with van der Waals surface area (Å²) in [6, 6.07) is 4.39. The summed E-state index contributed by atoms with van der Waals surface area (Å²) < 4.78 is 2.30. The second-order valence-corrected chi connectivity index (χ2v) is 5.34. The van der Waals surface area contributed by atoms with E-state index in [1.54, 1.807) is 0 Å². The van der Waals surface area contributed by atoms with Crippen molar-refractivity contribution in [1.82, 2.24) is 10.2 Å². The Morgan fingerprint density at radius 1 is 1.18 bits per heavy atom. The smallest absolute Gasteiger partial charge is 0.203 e. The number of hydrogen-bond acceptors (Lipinski definition) is 4. The monoisotopic (exact) mass is 249 g/mol. The number of aryl methyl sites for hydroxylation is 4. The van der Waals surface area contributed by atoms with Gasteiger partial charge in [0.1, 0.15) is 5.01 Å². The number of anilines is 1. The maximum atomic E-state index is 5.57. The molecule has 0 unspecified atom stereocenters. The van der Waals surface area contributed by atoms with E-state index in [1.807, 2.05) is 0 Å². The highest BCUT2D eigenvalue weighted by Gasteiger charge is 2.12. The lowest BCUT2D eigenvalue weighted by Crippen LogP contribution is -2.41. The Balaban J connectivity index is 2.14. The van der Waals surface area contributed by atoms with Crippen LogP contribution in [0.2, 0.25) is 0 Å². The van der Waals surface area contributed by atoms with E-state index in [0.29, 0.717) is 5.13 Å². The van der Waals surface area contributed by atoms with E-state index in [-0.39, 0.29) is 0 Å². The van der Waals surface area contributed by atoms with Crippen LogP contribution < -0.4 is 10.3 Å². The third-order valence-electron chi connectivity index (χ3n) is 2.76. The number of pyridine rings is 1. The Labute approximate surface area is 105 Å². The largest absolute Gasteiger partial charge is 0.374 e. The maximum absolute atomic E-state index is 5.57. The lowest BCUT2D eigenvalue weighted by atomic mass is 10.2. The third kappa shape index (κ3) is 2.79. The van der Waals surface area contributed by atoms with Crippen LogP contribution in [0.15, 0.2) is 12.1 Å². The molecule has 5 heteroatoms. The first-order valence-corrected chi connectivity index (χ1v) is 6.43. The van der Waals surface area contributed by atoms with E-state index >= 15 is 0 Å². The summed E-state index contributed by atoms with van der Waals surface area (Å²) in [7, 11) is 0. The molecule has 2 aromatic heterocycles. The highest BCUT2D eigenvalue weighted by Crippen LogP contribution is 2.11. The standard InChI is InChI=1S/C12H17N4S/c1-8-6-9(2)16(10(3)7-8)5-4-11-14-15-12(13)17-11/h6-7H,4-5H2,1-3H3,(H2,13,15)/q+1. The highest BCUT2D eigenvalue weighted by atomic mass is 32.1. The zero-order chi connectivity index (χ0) is 12.4. The van der Waals surface area contributed by atoms with E-state index in [1.165, 1.54) is 28.3 Å². The number of hydrogen-bond donors (Lipinski definition) is 1. The molecule has 0 aromatic carbocycles. The fourth-order valence-corrected chi connectivity index (χ4v) is 2.66. The molecule has 90 valence electrons. The van der Waals surface area contributed by atoms with E-state index in [4.69, 9.17) is 5.73 Å². The molecule has 0 spiro atoms. The minimum absolute atomic E-state index is 0.544. The van der Waals surface area contributed by atoms with E-state index < -0.39 is 0 Å². The van der Waals surface area contributed by atoms with Gasteiger partial charge in [-0.15, -0.1) is 10.2 Å². The summed E-state index contributed by atoms with van der Waals surface area (Å²) in [6.45, 7) is 7.31. The van der Waals surface area contributed by atoms with Gasteiger partial charge in [-0.1, -0.05) is 11.3 Å². The average molecular weight is 249 g/mol. The van der Waals surface area contributed by atoms with Crippen LogP contribution in [0.25, 0.3) is 0 Å². The van der Waals surface area contributed by atoms with Crippen LogP contribution in [0, 0.1) is 20.8 Å². The summed E-state index contributed by atoms with van der Waals surface area (Å²) >= 11 is 1.46. The Kier molecular flexibility index (Phi) is 3.38. The fraction of sp³-hybridized carbons (Fsp3) is 0.417. The Morgan fingerprint density at radius 2 is 1.82 bits per heavy atom. The van der Waals surface area contributed by atoms with Gasteiger partial charge in [0.05, 0.1) is 6.42 Å². The molecule has 0 fully saturated rings. The van der Waals surface area contributed by atoms with Crippen LogP contribution in [0.5, 0.6) is 0 Å². The minimum atomic E-state index is 0.544. The molecule has 0 atom stereocenters. The molecule has 0 amide bonds. The zero-order valence-electron chi connectivity index (χ0n) is 10.4. The van der Waals surface area contributed by atoms with Gasteiger partial charge in [0.2, 0.25) is 5.13 Å². The molecular formula is C12H17N4S+. The maximum Gasteiger partial charge on any atom is 0.203 e. The van der Waals surface area contributed by atoms with Crippen LogP contribution >= 0.6 is 11.3 Å². The predicted octanol–water partition coefficient (Wildman–Crippen LogP) is 1.58. The Bertz CT molecular complexity index is 510. The fourth-order valence-electron chi connectivity index (χ4n) is 2.06. The van der Waals surface area contributed by atoms with Gasteiger partial charge in [-0.3, -0.25) is 0 Å². The second kappa shape index (κ2) is 4.79. The van der Waals surface area contributed by atoms with Crippen molar-refractivity contribution in [2.45, 2.75) is 33.7 Å². The second-order valence-electron chi connectivity index (χ2n) is 4.25. The summed E-state index contributed by atoms with van der Waals surface area (Å²) in [5.41, 5.74) is 9.42. The Hall–Kier alpha value is -1.49. The topological polar surface area (TPSA) is 55.7 Å². The van der Waals surface area contributed by atoms with Gasteiger partial charge >= 0.3 is 0 Å². The molecule has 2 aromatic rings. The van der Waals surface area contributed by atoms with Crippen molar-refractivity contribution in [3.05, 3.63) is 34.1 Å². The molecule has 0 aliphatic heterocycles. The quantitative estimate of drug-likeness (QED) is 0.840. The van der Waals surface area contributed by atoms with Gasteiger partial charge in [-0.25, -0.2) is 0 Å². The molecule has 0 aliphatic carbocycles. The SMILES string of the molecule is Cc1cc(C)[n+](CCc2nnc(N)s2)c(C)c1. The van der Waals surface area contributed by atoms with Crippen LogP contribution in [0.3, 0.4) is 0 Å². The van der Waals surface area contributed by atoms with E-state index in [0.717, 1.165) is 18.0 Å². The number of nitrogens with zero attached hydrogens (tertiary/aromatic N) is 3. The zero-order valence-corrected chi connectivity index (χ0v) is 11.2. The molecule has 2 N–H and O–H groups in total. The van der Waals surface area contributed by atoms with Crippen molar-refractivity contribution < 1.29 is 4.57 Å². The van der Waals surface area contributed by atoms with Crippen molar-refractivity contribution in [2.24, 2.45) is 0 Å². The molecule has 2 rings (SSSR count). The van der Waals surface area contributed by atoms with E-state index in [2.05, 4.69) is 47.7 Å². The highest BCUT2D eigenvalue weighted by molar-refractivity contribution is 7.15. The van der Waals surface area contributed by atoms with Crippen molar-refractivity contribution in [3.63, 3.8) is 0 Å². The average Bonchev–Trinajstić information content (AvgIpc) is 2.62. The number of nitrogen functional groups attached to an aromatic ring is 1. The number of nitrogens with two attached hydrogens (primary N) is 1. The first-order valence-electron chi connectivity index (χ1n) is 5.62. The Morgan fingerprint density at radius 3 is 2.35 bits per heavy atom. The lowest BCUT2D eigenvalue weighted by Gasteiger charge is -2.04. The van der Waals surface area contributed by atoms with Gasteiger partial charge in [-0.2, -0.15) is 4.57 Å². The molecule has 0 radical (unpaired) electrons. The molecule has 0 bridgehead atoms. The first kappa shape index (κ1) is 12.0. The van der Waals surface area contributed by atoms with Crippen molar-refractivity contribution >= 4 is 16.5 Å². The van der Waals surface area contributed by atoms with Gasteiger partial charge in [0, 0.05) is 26.0 Å². The van der Waals surface area contributed by atoms with Crippen LogP contribution in [-0.4, -0.2) is 10.2 Å². The van der Waals surface area contributed by atoms with Gasteiger partial charge in [-0.05, 0) is 12.5 Å². The molecule has 4 nitrogen and oxygen atoms in total. The third-order valence-corrected chi connectivity index (χ3v) is 3.57. The molecule has 0 saturated heterocycles. The summed E-state index contributed by atoms with van der Waals surface area (Å²) in [6.07, 6.45) is 0.879. The van der Waals surface area contributed by atoms with Gasteiger partial charge in [0.25, 0.3) is 0 Å². The van der Waals surface area contributed by atoms with Crippen LogP contribution in [-0.2, 0) is 13.0 Å².